The zero-order valence-electron chi connectivity index (χ0n) is 13.1. The highest BCUT2D eigenvalue weighted by Gasteiger charge is 2.30. The fourth-order valence-corrected chi connectivity index (χ4v) is 3.22. The molecule has 0 fully saturated rings. The fourth-order valence-electron chi connectivity index (χ4n) is 3.22. The molecule has 0 amide bonds. The van der Waals surface area contributed by atoms with Gasteiger partial charge >= 0.3 is 0 Å². The number of aliphatic hydroxyl groups is 1. The van der Waals surface area contributed by atoms with Crippen molar-refractivity contribution in [3.63, 3.8) is 0 Å². The summed E-state index contributed by atoms with van der Waals surface area (Å²) in [5, 5.41) is 13.2. The van der Waals surface area contributed by atoms with Crippen LogP contribution in [0.5, 0.6) is 0 Å². The summed E-state index contributed by atoms with van der Waals surface area (Å²) in [6.45, 7) is 11.7. The summed E-state index contributed by atoms with van der Waals surface area (Å²) in [7, 11) is 0. The van der Waals surface area contributed by atoms with E-state index in [-0.39, 0.29) is 12.1 Å². The van der Waals surface area contributed by atoms with E-state index < -0.39 is 0 Å². The lowest BCUT2D eigenvalue weighted by molar-refractivity contribution is 0.0930. The van der Waals surface area contributed by atoms with E-state index >= 15 is 0 Å². The summed E-state index contributed by atoms with van der Waals surface area (Å²) in [5.74, 6) is 1.14. The highest BCUT2D eigenvalue weighted by Crippen LogP contribution is 2.20. The van der Waals surface area contributed by atoms with Crippen LogP contribution in [0.2, 0.25) is 0 Å². The lowest BCUT2D eigenvalue weighted by atomic mass is 9.92. The monoisotopic (exact) mass is 280 g/mol. The number of hydrogen-bond acceptors (Lipinski definition) is 4. The van der Waals surface area contributed by atoms with E-state index in [1.54, 1.807) is 0 Å². The van der Waals surface area contributed by atoms with E-state index in [4.69, 9.17) is 0 Å². The zero-order chi connectivity index (χ0) is 14.8. The fraction of sp³-hybridized carbons (Fsp3) is 0.800. The molecule has 1 aliphatic heterocycles. The van der Waals surface area contributed by atoms with Gasteiger partial charge < -0.3 is 15.0 Å². The molecule has 0 saturated heterocycles. The Morgan fingerprint density at radius 3 is 2.80 bits per heavy atom. The van der Waals surface area contributed by atoms with Crippen molar-refractivity contribution in [3.8, 4) is 0 Å². The van der Waals surface area contributed by atoms with Crippen molar-refractivity contribution in [2.75, 3.05) is 13.2 Å². The van der Waals surface area contributed by atoms with Gasteiger partial charge in [0.05, 0.1) is 13.2 Å². The van der Waals surface area contributed by atoms with Gasteiger partial charge in [0.25, 0.3) is 0 Å². The van der Waals surface area contributed by atoms with Gasteiger partial charge in [0.1, 0.15) is 5.82 Å². The summed E-state index contributed by atoms with van der Waals surface area (Å²) in [6, 6.07) is 0.795. The van der Waals surface area contributed by atoms with Crippen molar-refractivity contribution < 1.29 is 5.11 Å². The Balaban J connectivity index is 1.96. The van der Waals surface area contributed by atoms with Gasteiger partial charge in [0.2, 0.25) is 0 Å². The average molecular weight is 280 g/mol. The molecule has 0 bridgehead atoms. The first-order chi connectivity index (χ1) is 9.43. The zero-order valence-corrected chi connectivity index (χ0v) is 13.1. The molecule has 0 radical (unpaired) electrons. The SMILES string of the molecule is CC(C)NC(C)(CO)CC(C)N1CCn2ccnc2C1. The van der Waals surface area contributed by atoms with Crippen LogP contribution in [-0.4, -0.2) is 50.3 Å². The van der Waals surface area contributed by atoms with E-state index in [0.717, 1.165) is 31.9 Å². The maximum absolute atomic E-state index is 9.71. The number of rotatable bonds is 6. The predicted octanol–water partition coefficient (Wildman–Crippen LogP) is 1.23. The lowest BCUT2D eigenvalue weighted by Crippen LogP contribution is -2.53. The maximum atomic E-state index is 9.71. The van der Waals surface area contributed by atoms with E-state index in [2.05, 4.69) is 53.7 Å². The first-order valence-corrected chi connectivity index (χ1v) is 7.56. The molecule has 5 heteroatoms. The molecule has 114 valence electrons. The molecular formula is C15H28N4O. The summed E-state index contributed by atoms with van der Waals surface area (Å²) in [5.41, 5.74) is -0.222. The van der Waals surface area contributed by atoms with Crippen LogP contribution in [0.15, 0.2) is 12.4 Å². The highest BCUT2D eigenvalue weighted by molar-refractivity contribution is 4.97. The minimum Gasteiger partial charge on any atom is -0.394 e. The van der Waals surface area contributed by atoms with Crippen LogP contribution in [0.4, 0.5) is 0 Å². The van der Waals surface area contributed by atoms with Gasteiger partial charge in [-0.3, -0.25) is 4.90 Å². The van der Waals surface area contributed by atoms with E-state index in [9.17, 15) is 5.11 Å². The van der Waals surface area contributed by atoms with Crippen LogP contribution in [0.25, 0.3) is 0 Å². The molecule has 1 aromatic rings. The van der Waals surface area contributed by atoms with Gasteiger partial charge in [-0.15, -0.1) is 0 Å². The number of fused-ring (bicyclic) bond motifs is 1. The topological polar surface area (TPSA) is 53.3 Å². The van der Waals surface area contributed by atoms with Gasteiger partial charge in [0, 0.05) is 43.1 Å². The van der Waals surface area contributed by atoms with Gasteiger partial charge in [-0.05, 0) is 20.3 Å². The maximum Gasteiger partial charge on any atom is 0.122 e. The molecule has 0 aliphatic carbocycles. The minimum atomic E-state index is -0.222. The van der Waals surface area contributed by atoms with Crippen molar-refractivity contribution in [2.45, 2.75) is 64.8 Å². The third-order valence-corrected chi connectivity index (χ3v) is 4.13. The van der Waals surface area contributed by atoms with Crippen molar-refractivity contribution in [1.29, 1.82) is 0 Å². The second kappa shape index (κ2) is 6.24. The summed E-state index contributed by atoms with van der Waals surface area (Å²) < 4.78 is 2.22. The van der Waals surface area contributed by atoms with Crippen molar-refractivity contribution in [3.05, 3.63) is 18.2 Å². The molecule has 5 nitrogen and oxygen atoms in total. The summed E-state index contributed by atoms with van der Waals surface area (Å²) in [6.07, 6.45) is 4.86. The van der Waals surface area contributed by atoms with Gasteiger partial charge in [-0.2, -0.15) is 0 Å². The molecule has 0 spiro atoms. The molecule has 2 atom stereocenters. The minimum absolute atomic E-state index is 0.165. The van der Waals surface area contributed by atoms with Crippen LogP contribution in [0.3, 0.4) is 0 Å². The third-order valence-electron chi connectivity index (χ3n) is 4.13. The number of imidazole rings is 1. The Bertz CT molecular complexity index is 431. The van der Waals surface area contributed by atoms with Crippen LogP contribution >= 0.6 is 0 Å². The summed E-state index contributed by atoms with van der Waals surface area (Å²) >= 11 is 0. The molecule has 2 rings (SSSR count). The van der Waals surface area contributed by atoms with Gasteiger partial charge in [0.15, 0.2) is 0 Å². The van der Waals surface area contributed by atoms with Gasteiger partial charge in [-0.25, -0.2) is 4.98 Å². The number of nitrogens with zero attached hydrogens (tertiary/aromatic N) is 3. The predicted molar refractivity (Wildman–Crippen MR) is 80.5 cm³/mol. The highest BCUT2D eigenvalue weighted by atomic mass is 16.3. The quantitative estimate of drug-likeness (QED) is 0.823. The van der Waals surface area contributed by atoms with E-state index in [1.165, 1.54) is 0 Å². The second-order valence-corrected chi connectivity index (χ2v) is 6.58. The van der Waals surface area contributed by atoms with Crippen LogP contribution < -0.4 is 5.32 Å². The molecule has 2 unspecified atom stereocenters. The first-order valence-electron chi connectivity index (χ1n) is 7.56. The van der Waals surface area contributed by atoms with Gasteiger partial charge in [-0.1, -0.05) is 13.8 Å². The molecule has 0 saturated carbocycles. The van der Waals surface area contributed by atoms with Crippen molar-refractivity contribution >= 4 is 0 Å². The van der Waals surface area contributed by atoms with E-state index in [1.807, 2.05) is 6.20 Å². The Kier molecular flexibility index (Phi) is 4.83. The lowest BCUT2D eigenvalue weighted by Gasteiger charge is -2.39. The molecule has 1 aliphatic rings. The van der Waals surface area contributed by atoms with Crippen LogP contribution in [0.1, 0.15) is 39.9 Å². The average Bonchev–Trinajstić information content (AvgIpc) is 2.84. The Morgan fingerprint density at radius 2 is 2.15 bits per heavy atom. The molecule has 1 aromatic heterocycles. The molecular weight excluding hydrogens is 252 g/mol. The number of aromatic nitrogens is 2. The van der Waals surface area contributed by atoms with Crippen molar-refractivity contribution in [2.24, 2.45) is 0 Å². The second-order valence-electron chi connectivity index (χ2n) is 6.58. The molecule has 2 N–H and O–H groups in total. The Hall–Kier alpha value is -0.910. The van der Waals surface area contributed by atoms with Crippen LogP contribution in [-0.2, 0) is 13.1 Å². The number of aliphatic hydroxyl groups excluding tert-OH is 1. The largest absolute Gasteiger partial charge is 0.394 e. The smallest absolute Gasteiger partial charge is 0.122 e. The molecule has 0 aromatic carbocycles. The standard InChI is InChI=1S/C15H28N4O/c1-12(2)17-15(4,11-20)9-13(3)19-8-7-18-6-5-16-14(18)10-19/h5-6,12-13,17,20H,7-11H2,1-4H3. The Labute approximate surface area is 122 Å². The van der Waals surface area contributed by atoms with Crippen molar-refractivity contribution in [1.82, 2.24) is 19.8 Å². The Morgan fingerprint density at radius 1 is 1.40 bits per heavy atom. The molecule has 20 heavy (non-hydrogen) atoms. The normalized spacial score (nSPS) is 20.7. The third kappa shape index (κ3) is 3.59. The first kappa shape index (κ1) is 15.5. The van der Waals surface area contributed by atoms with Crippen LogP contribution in [0, 0.1) is 0 Å². The van der Waals surface area contributed by atoms with E-state index in [0.29, 0.717) is 12.1 Å². The number of hydrogen-bond donors (Lipinski definition) is 2. The summed E-state index contributed by atoms with van der Waals surface area (Å²) in [4.78, 5) is 6.87. The number of nitrogens with one attached hydrogen (secondary N) is 1. The molecule has 2 heterocycles.